The number of primary amides is 1. The minimum Gasteiger partial charge on any atom is -0.351 e. The Labute approximate surface area is 119 Å². The molecular weight excluding hydrogens is 250 g/mol. The normalized spacial score (nSPS) is 10.5. The number of nitrogens with one attached hydrogen (secondary N) is 1. The number of aryl methyl sites for hydroxylation is 1. The molecule has 1 aromatic heterocycles. The summed E-state index contributed by atoms with van der Waals surface area (Å²) in [7, 11) is 0. The van der Waals surface area contributed by atoms with Crippen LogP contribution in [0.15, 0.2) is 36.4 Å². The van der Waals surface area contributed by atoms with E-state index in [2.05, 4.69) is 41.9 Å². The highest BCUT2D eigenvalue weighted by molar-refractivity contribution is 5.87. The number of nitrogens with two attached hydrogens (primary N) is 1. The largest absolute Gasteiger partial charge is 0.351 e. The van der Waals surface area contributed by atoms with Gasteiger partial charge in [-0.15, -0.1) is 0 Å². The smallest absolute Gasteiger partial charge is 0.316 e. The van der Waals surface area contributed by atoms with Crippen LogP contribution in [0, 0.1) is 6.92 Å². The Morgan fingerprint density at radius 3 is 2.80 bits per heavy atom. The molecule has 1 heterocycles. The van der Waals surface area contributed by atoms with Crippen molar-refractivity contribution in [1.82, 2.24) is 4.57 Å². The first-order valence-electron chi connectivity index (χ1n) is 6.90. The van der Waals surface area contributed by atoms with Crippen LogP contribution in [0.4, 0.5) is 10.5 Å². The van der Waals surface area contributed by atoms with Crippen LogP contribution in [-0.2, 0) is 13.0 Å². The minimum atomic E-state index is -0.535. The van der Waals surface area contributed by atoms with Gasteiger partial charge in [-0.1, -0.05) is 19.1 Å². The summed E-state index contributed by atoms with van der Waals surface area (Å²) in [6, 6.07) is 11.6. The Bertz CT molecular complexity index is 602. The van der Waals surface area contributed by atoms with Crippen molar-refractivity contribution < 1.29 is 4.79 Å². The van der Waals surface area contributed by atoms with Gasteiger partial charge < -0.3 is 15.6 Å². The van der Waals surface area contributed by atoms with Gasteiger partial charge in [-0.05, 0) is 43.2 Å². The van der Waals surface area contributed by atoms with Gasteiger partial charge in [0.1, 0.15) is 0 Å². The summed E-state index contributed by atoms with van der Waals surface area (Å²) in [5.74, 6) is 0. The standard InChI is InChI=1S/C16H21N3O/c1-3-9-19-12(2)7-8-15(19)11-13-5-4-6-14(10-13)18-16(17)20/h4-8,10H,3,9,11H2,1-2H3,(H3,17,18,20). The fourth-order valence-electron chi connectivity index (χ4n) is 2.43. The molecule has 4 nitrogen and oxygen atoms in total. The number of hydrogen-bond donors (Lipinski definition) is 2. The highest BCUT2D eigenvalue weighted by atomic mass is 16.2. The summed E-state index contributed by atoms with van der Waals surface area (Å²) in [5.41, 5.74) is 9.61. The van der Waals surface area contributed by atoms with Gasteiger partial charge in [0, 0.05) is 30.0 Å². The third-order valence-corrected chi connectivity index (χ3v) is 3.32. The molecule has 2 rings (SSSR count). The molecule has 0 fully saturated rings. The van der Waals surface area contributed by atoms with Crippen molar-refractivity contribution in [3.8, 4) is 0 Å². The first-order chi connectivity index (χ1) is 9.60. The van der Waals surface area contributed by atoms with E-state index in [1.165, 1.54) is 11.4 Å². The lowest BCUT2D eigenvalue weighted by Crippen LogP contribution is -2.19. The van der Waals surface area contributed by atoms with E-state index in [1.54, 1.807) is 0 Å². The molecule has 2 aromatic rings. The Morgan fingerprint density at radius 2 is 2.10 bits per heavy atom. The zero-order valence-electron chi connectivity index (χ0n) is 12.0. The monoisotopic (exact) mass is 271 g/mol. The Hall–Kier alpha value is -2.23. The third-order valence-electron chi connectivity index (χ3n) is 3.32. The van der Waals surface area contributed by atoms with E-state index in [0.29, 0.717) is 0 Å². The molecule has 3 N–H and O–H groups in total. The lowest BCUT2D eigenvalue weighted by atomic mass is 10.1. The maximum Gasteiger partial charge on any atom is 0.316 e. The summed E-state index contributed by atoms with van der Waals surface area (Å²) in [6.45, 7) is 5.35. The molecule has 0 bridgehead atoms. The summed E-state index contributed by atoms with van der Waals surface area (Å²) in [4.78, 5) is 10.9. The van der Waals surface area contributed by atoms with Crippen molar-refractivity contribution in [2.45, 2.75) is 33.2 Å². The first kappa shape index (κ1) is 14.2. The number of carbonyl (C=O) groups excluding carboxylic acids is 1. The van der Waals surface area contributed by atoms with Crippen LogP contribution in [0.5, 0.6) is 0 Å². The van der Waals surface area contributed by atoms with Crippen LogP contribution in [0.3, 0.4) is 0 Å². The van der Waals surface area contributed by atoms with Gasteiger partial charge in [0.15, 0.2) is 0 Å². The molecule has 4 heteroatoms. The van der Waals surface area contributed by atoms with Gasteiger partial charge in [0.2, 0.25) is 0 Å². The van der Waals surface area contributed by atoms with Crippen molar-refractivity contribution in [2.24, 2.45) is 5.73 Å². The van der Waals surface area contributed by atoms with E-state index in [0.717, 1.165) is 30.6 Å². The van der Waals surface area contributed by atoms with Crippen LogP contribution in [-0.4, -0.2) is 10.6 Å². The van der Waals surface area contributed by atoms with Crippen LogP contribution in [0.2, 0.25) is 0 Å². The van der Waals surface area contributed by atoms with Crippen LogP contribution in [0.25, 0.3) is 0 Å². The second kappa shape index (κ2) is 6.28. The van der Waals surface area contributed by atoms with Crippen LogP contribution >= 0.6 is 0 Å². The quantitative estimate of drug-likeness (QED) is 0.861. The molecule has 1 aromatic carbocycles. The summed E-state index contributed by atoms with van der Waals surface area (Å²) in [5, 5.41) is 2.61. The zero-order valence-corrected chi connectivity index (χ0v) is 12.0. The van der Waals surface area contributed by atoms with Crippen molar-refractivity contribution in [3.63, 3.8) is 0 Å². The number of anilines is 1. The summed E-state index contributed by atoms with van der Waals surface area (Å²) in [6.07, 6.45) is 1.97. The van der Waals surface area contributed by atoms with Gasteiger partial charge in [-0.25, -0.2) is 4.79 Å². The zero-order chi connectivity index (χ0) is 14.5. The van der Waals surface area contributed by atoms with Crippen molar-refractivity contribution >= 4 is 11.7 Å². The first-order valence-corrected chi connectivity index (χ1v) is 6.90. The predicted molar refractivity (Wildman–Crippen MR) is 81.9 cm³/mol. The van der Waals surface area contributed by atoms with Gasteiger partial charge in [0.05, 0.1) is 0 Å². The van der Waals surface area contributed by atoms with Gasteiger partial charge in [-0.3, -0.25) is 0 Å². The highest BCUT2D eigenvalue weighted by Crippen LogP contribution is 2.17. The van der Waals surface area contributed by atoms with E-state index < -0.39 is 6.03 Å². The molecule has 20 heavy (non-hydrogen) atoms. The predicted octanol–water partition coefficient (Wildman–Crippen LogP) is 3.29. The molecule has 0 saturated carbocycles. The Kier molecular flexibility index (Phi) is 4.45. The summed E-state index contributed by atoms with van der Waals surface area (Å²) < 4.78 is 2.34. The minimum absolute atomic E-state index is 0.535. The van der Waals surface area contributed by atoms with Gasteiger partial charge in [0.25, 0.3) is 0 Å². The van der Waals surface area contributed by atoms with Crippen molar-refractivity contribution in [2.75, 3.05) is 5.32 Å². The van der Waals surface area contributed by atoms with Crippen molar-refractivity contribution in [1.29, 1.82) is 0 Å². The number of rotatable bonds is 5. The molecule has 0 unspecified atom stereocenters. The van der Waals surface area contributed by atoms with Crippen LogP contribution < -0.4 is 11.1 Å². The van der Waals surface area contributed by atoms with Crippen LogP contribution in [0.1, 0.15) is 30.3 Å². The second-order valence-corrected chi connectivity index (χ2v) is 4.98. The molecule has 0 atom stereocenters. The number of benzene rings is 1. The number of urea groups is 1. The van der Waals surface area contributed by atoms with Gasteiger partial charge in [-0.2, -0.15) is 0 Å². The molecule has 0 saturated heterocycles. The molecule has 0 radical (unpaired) electrons. The number of nitrogens with zero attached hydrogens (tertiary/aromatic N) is 1. The maximum absolute atomic E-state index is 10.9. The third kappa shape index (κ3) is 3.41. The molecule has 2 amide bonds. The Morgan fingerprint density at radius 1 is 1.30 bits per heavy atom. The topological polar surface area (TPSA) is 60.1 Å². The number of hydrogen-bond acceptors (Lipinski definition) is 1. The molecular formula is C16H21N3O. The lowest BCUT2D eigenvalue weighted by Gasteiger charge is -2.11. The van der Waals surface area contributed by atoms with E-state index in [1.807, 2.05) is 18.2 Å². The second-order valence-electron chi connectivity index (χ2n) is 4.98. The van der Waals surface area contributed by atoms with E-state index in [9.17, 15) is 4.79 Å². The molecule has 0 aliphatic rings. The SMILES string of the molecule is CCCn1c(C)ccc1Cc1cccc(NC(N)=O)c1. The van der Waals surface area contributed by atoms with E-state index >= 15 is 0 Å². The molecule has 106 valence electrons. The highest BCUT2D eigenvalue weighted by Gasteiger charge is 2.06. The number of aromatic nitrogens is 1. The lowest BCUT2D eigenvalue weighted by molar-refractivity contribution is 0.259. The van der Waals surface area contributed by atoms with Crippen molar-refractivity contribution in [3.05, 3.63) is 53.3 Å². The van der Waals surface area contributed by atoms with Gasteiger partial charge >= 0.3 is 6.03 Å². The molecule has 0 spiro atoms. The molecule has 0 aliphatic carbocycles. The fourth-order valence-corrected chi connectivity index (χ4v) is 2.43. The number of amides is 2. The maximum atomic E-state index is 10.9. The average Bonchev–Trinajstić information content (AvgIpc) is 2.72. The Balaban J connectivity index is 2.19. The van der Waals surface area contributed by atoms with E-state index in [4.69, 9.17) is 5.73 Å². The fraction of sp³-hybridized carbons (Fsp3) is 0.312. The number of carbonyl (C=O) groups is 1. The molecule has 0 aliphatic heterocycles. The summed E-state index contributed by atoms with van der Waals surface area (Å²) >= 11 is 0. The average molecular weight is 271 g/mol. The van der Waals surface area contributed by atoms with E-state index in [-0.39, 0.29) is 0 Å².